The van der Waals surface area contributed by atoms with Crippen molar-refractivity contribution in [3.8, 4) is 0 Å². The van der Waals surface area contributed by atoms with Gasteiger partial charge in [-0.25, -0.2) is 13.1 Å². The first-order valence-corrected chi connectivity index (χ1v) is 9.32. The molecule has 0 spiro atoms. The molecule has 0 bridgehead atoms. The molecule has 4 N–H and O–H groups in total. The predicted molar refractivity (Wildman–Crippen MR) is 92.7 cm³/mol. The van der Waals surface area contributed by atoms with Crippen molar-refractivity contribution >= 4 is 21.7 Å². The molecule has 1 atom stereocenters. The standard InChI is InChI=1S/C15H26N4O2S/c1-4-12(2)13-6-8-14(9-7-13)19-15(16)17-10-5-11-18-22(3,20)21/h6-9,12,18H,4-5,10-11H2,1-3H3,(H3,16,17,19). The van der Waals surface area contributed by atoms with Gasteiger partial charge in [0.2, 0.25) is 10.0 Å². The van der Waals surface area contributed by atoms with Crippen LogP contribution in [0.3, 0.4) is 0 Å². The van der Waals surface area contributed by atoms with E-state index in [0.29, 0.717) is 31.4 Å². The first-order chi connectivity index (χ1) is 10.3. The maximum absolute atomic E-state index is 10.9. The Labute approximate surface area is 133 Å². The number of aliphatic imine (C=N–C) groups is 1. The molecular weight excluding hydrogens is 300 g/mol. The van der Waals surface area contributed by atoms with E-state index in [1.165, 1.54) is 5.56 Å². The van der Waals surface area contributed by atoms with E-state index in [1.54, 1.807) is 0 Å². The number of benzene rings is 1. The number of sulfonamides is 1. The lowest BCUT2D eigenvalue weighted by molar-refractivity contribution is 0.586. The Morgan fingerprint density at radius 1 is 1.32 bits per heavy atom. The molecule has 1 unspecified atom stereocenters. The molecule has 0 aliphatic rings. The van der Waals surface area contributed by atoms with Crippen LogP contribution < -0.4 is 15.8 Å². The fourth-order valence-corrected chi connectivity index (χ4v) is 2.37. The molecule has 0 saturated carbocycles. The van der Waals surface area contributed by atoms with Crippen LogP contribution in [-0.4, -0.2) is 33.7 Å². The summed E-state index contributed by atoms with van der Waals surface area (Å²) in [5.41, 5.74) is 7.99. The third-order valence-corrected chi connectivity index (χ3v) is 4.07. The number of nitrogens with one attached hydrogen (secondary N) is 2. The van der Waals surface area contributed by atoms with Crippen LogP contribution in [0.2, 0.25) is 0 Å². The summed E-state index contributed by atoms with van der Waals surface area (Å²) in [5, 5.41) is 3.02. The molecule has 0 amide bonds. The van der Waals surface area contributed by atoms with Gasteiger partial charge in [-0.3, -0.25) is 4.99 Å². The molecule has 22 heavy (non-hydrogen) atoms. The Balaban J connectivity index is 2.40. The number of nitrogens with two attached hydrogens (primary N) is 1. The van der Waals surface area contributed by atoms with Gasteiger partial charge in [0.15, 0.2) is 5.96 Å². The summed E-state index contributed by atoms with van der Waals surface area (Å²) in [4.78, 5) is 4.16. The molecular formula is C15H26N4O2S. The summed E-state index contributed by atoms with van der Waals surface area (Å²) >= 11 is 0. The average molecular weight is 326 g/mol. The molecule has 0 saturated heterocycles. The zero-order chi connectivity index (χ0) is 16.6. The smallest absolute Gasteiger partial charge is 0.208 e. The van der Waals surface area contributed by atoms with Gasteiger partial charge < -0.3 is 11.1 Å². The van der Waals surface area contributed by atoms with Gasteiger partial charge in [0.05, 0.1) is 6.26 Å². The Kier molecular flexibility index (Phi) is 7.34. The number of hydrogen-bond donors (Lipinski definition) is 3. The van der Waals surface area contributed by atoms with Gasteiger partial charge >= 0.3 is 0 Å². The molecule has 124 valence electrons. The summed E-state index contributed by atoms with van der Waals surface area (Å²) in [5.74, 6) is 0.873. The number of nitrogens with zero attached hydrogens (tertiary/aromatic N) is 1. The van der Waals surface area contributed by atoms with Gasteiger partial charge in [-0.1, -0.05) is 26.0 Å². The Bertz CT molecular complexity index is 582. The number of rotatable bonds is 8. The minimum atomic E-state index is -3.13. The fourth-order valence-electron chi connectivity index (χ4n) is 1.85. The molecule has 6 nitrogen and oxygen atoms in total. The fraction of sp³-hybridized carbons (Fsp3) is 0.533. The Hall–Kier alpha value is -1.60. The van der Waals surface area contributed by atoms with Gasteiger partial charge in [0.1, 0.15) is 0 Å². The van der Waals surface area contributed by atoms with Crippen molar-refractivity contribution in [2.75, 3.05) is 24.7 Å². The summed E-state index contributed by atoms with van der Waals surface area (Å²) in [7, 11) is -3.13. The van der Waals surface area contributed by atoms with Crippen LogP contribution in [0.15, 0.2) is 29.3 Å². The first kappa shape index (κ1) is 18.4. The predicted octanol–water partition coefficient (Wildman–Crippen LogP) is 1.87. The zero-order valence-electron chi connectivity index (χ0n) is 13.5. The van der Waals surface area contributed by atoms with Gasteiger partial charge in [-0.15, -0.1) is 0 Å². The number of hydrogen-bond acceptors (Lipinski definition) is 3. The second-order valence-corrected chi connectivity index (χ2v) is 7.18. The molecule has 0 aliphatic carbocycles. The van der Waals surface area contributed by atoms with Gasteiger partial charge in [-0.2, -0.15) is 0 Å². The van der Waals surface area contributed by atoms with E-state index in [2.05, 4.69) is 41.0 Å². The molecule has 0 radical (unpaired) electrons. The highest BCUT2D eigenvalue weighted by Gasteiger charge is 2.03. The van der Waals surface area contributed by atoms with Crippen LogP contribution >= 0.6 is 0 Å². The zero-order valence-corrected chi connectivity index (χ0v) is 14.3. The van der Waals surface area contributed by atoms with Gasteiger partial charge in [0, 0.05) is 18.8 Å². The molecule has 1 aromatic carbocycles. The van der Waals surface area contributed by atoms with E-state index < -0.39 is 10.0 Å². The Morgan fingerprint density at radius 3 is 2.50 bits per heavy atom. The molecule has 1 rings (SSSR count). The van der Waals surface area contributed by atoms with Crippen LogP contribution in [0.4, 0.5) is 5.69 Å². The second-order valence-electron chi connectivity index (χ2n) is 5.34. The highest BCUT2D eigenvalue weighted by molar-refractivity contribution is 7.88. The molecule has 7 heteroatoms. The van der Waals surface area contributed by atoms with E-state index in [4.69, 9.17) is 5.73 Å². The Morgan fingerprint density at radius 2 is 1.95 bits per heavy atom. The molecule has 0 aliphatic heterocycles. The van der Waals surface area contributed by atoms with Crippen molar-refractivity contribution in [1.29, 1.82) is 0 Å². The number of guanidine groups is 1. The van der Waals surface area contributed by atoms with Crippen molar-refractivity contribution in [2.24, 2.45) is 10.7 Å². The highest BCUT2D eigenvalue weighted by atomic mass is 32.2. The largest absolute Gasteiger partial charge is 0.370 e. The second kappa shape index (κ2) is 8.75. The third-order valence-electron chi connectivity index (χ3n) is 3.35. The molecule has 0 heterocycles. The lowest BCUT2D eigenvalue weighted by atomic mass is 9.99. The normalized spacial score (nSPS) is 13.9. The molecule has 0 fully saturated rings. The van der Waals surface area contributed by atoms with Gasteiger partial charge in [-0.05, 0) is 36.5 Å². The SMILES string of the molecule is CCC(C)c1ccc(NC(N)=NCCCNS(C)(=O)=O)cc1. The molecule has 1 aromatic rings. The maximum atomic E-state index is 10.9. The van der Waals surface area contributed by atoms with Crippen molar-refractivity contribution in [3.05, 3.63) is 29.8 Å². The monoisotopic (exact) mass is 326 g/mol. The van der Waals surface area contributed by atoms with Crippen molar-refractivity contribution < 1.29 is 8.42 Å². The summed E-state index contributed by atoms with van der Waals surface area (Å²) in [6.45, 7) is 5.19. The van der Waals surface area contributed by atoms with Crippen LogP contribution in [0, 0.1) is 0 Å². The van der Waals surface area contributed by atoms with Crippen molar-refractivity contribution in [2.45, 2.75) is 32.6 Å². The minimum Gasteiger partial charge on any atom is -0.370 e. The van der Waals surface area contributed by atoms with Crippen LogP contribution in [0.1, 0.15) is 38.2 Å². The van der Waals surface area contributed by atoms with E-state index in [9.17, 15) is 8.42 Å². The summed E-state index contributed by atoms with van der Waals surface area (Å²) in [6, 6.07) is 8.13. The van der Waals surface area contributed by atoms with E-state index in [-0.39, 0.29) is 0 Å². The van der Waals surface area contributed by atoms with Crippen molar-refractivity contribution in [1.82, 2.24) is 4.72 Å². The van der Waals surface area contributed by atoms with Crippen LogP contribution in [0.25, 0.3) is 0 Å². The van der Waals surface area contributed by atoms with E-state index >= 15 is 0 Å². The molecule has 0 aromatic heterocycles. The minimum absolute atomic E-state index is 0.329. The average Bonchev–Trinajstić information content (AvgIpc) is 2.45. The summed E-state index contributed by atoms with van der Waals surface area (Å²) in [6.07, 6.45) is 2.84. The van der Waals surface area contributed by atoms with Crippen LogP contribution in [-0.2, 0) is 10.0 Å². The first-order valence-electron chi connectivity index (χ1n) is 7.43. The summed E-state index contributed by atoms with van der Waals surface area (Å²) < 4.78 is 24.2. The topological polar surface area (TPSA) is 96.6 Å². The third kappa shape index (κ3) is 7.42. The highest BCUT2D eigenvalue weighted by Crippen LogP contribution is 2.20. The quantitative estimate of drug-likeness (QED) is 0.386. The number of anilines is 1. The van der Waals surface area contributed by atoms with Crippen LogP contribution in [0.5, 0.6) is 0 Å². The van der Waals surface area contributed by atoms with E-state index in [0.717, 1.165) is 18.4 Å². The lowest BCUT2D eigenvalue weighted by Crippen LogP contribution is -2.25. The van der Waals surface area contributed by atoms with Gasteiger partial charge in [0.25, 0.3) is 0 Å². The van der Waals surface area contributed by atoms with E-state index in [1.807, 2.05) is 12.1 Å². The lowest BCUT2D eigenvalue weighted by Gasteiger charge is -2.10. The maximum Gasteiger partial charge on any atom is 0.208 e. The van der Waals surface area contributed by atoms with Crippen molar-refractivity contribution in [3.63, 3.8) is 0 Å².